The first-order valence-electron chi connectivity index (χ1n) is 16.1. The van der Waals surface area contributed by atoms with Crippen molar-refractivity contribution < 1.29 is 31.7 Å². The van der Waals surface area contributed by atoms with Crippen LogP contribution in [0.4, 0.5) is 4.79 Å². The van der Waals surface area contributed by atoms with Crippen LogP contribution in [0.2, 0.25) is 0 Å². The van der Waals surface area contributed by atoms with Gasteiger partial charge in [0.2, 0.25) is 5.88 Å². The van der Waals surface area contributed by atoms with Gasteiger partial charge in [-0.2, -0.15) is 8.42 Å². The Hall–Kier alpha value is -4.56. The van der Waals surface area contributed by atoms with Crippen LogP contribution in [0.5, 0.6) is 5.88 Å². The molecule has 1 amide bonds. The lowest BCUT2D eigenvalue weighted by atomic mass is 10.1. The van der Waals surface area contributed by atoms with E-state index in [9.17, 15) is 17.8 Å². The molecule has 6 rings (SSSR count). The van der Waals surface area contributed by atoms with E-state index in [0.717, 1.165) is 30.8 Å². The number of imidazole rings is 1. The van der Waals surface area contributed by atoms with Crippen molar-refractivity contribution in [2.24, 2.45) is 0 Å². The number of fused-ring (bicyclic) bond motifs is 1. The van der Waals surface area contributed by atoms with E-state index in [1.54, 1.807) is 16.7 Å². The molecule has 0 aliphatic carbocycles. The van der Waals surface area contributed by atoms with Crippen LogP contribution in [0.1, 0.15) is 35.6 Å². The number of ether oxygens (including phenoxy) is 2. The van der Waals surface area contributed by atoms with Crippen molar-refractivity contribution in [1.29, 1.82) is 0 Å². The van der Waals surface area contributed by atoms with Crippen molar-refractivity contribution in [2.75, 3.05) is 51.7 Å². The fraction of sp³-hybridized carbons (Fsp3) is 0.343. The lowest BCUT2D eigenvalue weighted by molar-refractivity contribution is 0.0362. The minimum absolute atomic E-state index is 0.0567. The maximum Gasteiger partial charge on any atom is 0.416 e. The summed E-state index contributed by atoms with van der Waals surface area (Å²) in [6.45, 7) is 4.13. The van der Waals surface area contributed by atoms with E-state index in [2.05, 4.69) is 4.90 Å². The summed E-state index contributed by atoms with van der Waals surface area (Å²) in [5.74, 6) is 0.412. The predicted octanol–water partition coefficient (Wildman–Crippen LogP) is 4.97. The number of hydrogen-bond acceptors (Lipinski definition) is 9. The molecule has 0 unspecified atom stereocenters. The smallest absolute Gasteiger partial charge is 0.416 e. The zero-order valence-electron chi connectivity index (χ0n) is 26.6. The van der Waals surface area contributed by atoms with Crippen LogP contribution in [0.15, 0.2) is 89.7 Å². The van der Waals surface area contributed by atoms with Gasteiger partial charge in [-0.1, -0.05) is 60.7 Å². The van der Waals surface area contributed by atoms with E-state index < -0.39 is 22.0 Å². The zero-order chi connectivity index (χ0) is 33.3. The number of nitrogens with zero attached hydrogens (tertiary/aromatic N) is 5. The molecule has 252 valence electrons. The Balaban J connectivity index is 1.36. The average Bonchev–Trinajstić information content (AvgIpc) is 3.73. The average molecular weight is 674 g/mol. The number of amides is 1. The fourth-order valence-electron chi connectivity index (χ4n) is 5.78. The van der Waals surface area contributed by atoms with Crippen LogP contribution in [0.25, 0.3) is 16.9 Å². The summed E-state index contributed by atoms with van der Waals surface area (Å²) in [6, 6.07) is 23.4. The molecule has 2 aromatic carbocycles. The van der Waals surface area contributed by atoms with Crippen molar-refractivity contribution in [3.8, 4) is 17.1 Å². The van der Waals surface area contributed by atoms with Crippen LogP contribution in [-0.2, 0) is 27.7 Å². The van der Waals surface area contributed by atoms with E-state index in [0.29, 0.717) is 61.1 Å². The first-order valence-corrected chi connectivity index (χ1v) is 17.7. The highest BCUT2D eigenvalue weighted by molar-refractivity contribution is 7.85. The third-order valence-corrected chi connectivity index (χ3v) is 8.99. The molecule has 5 aromatic rings. The van der Waals surface area contributed by atoms with E-state index >= 15 is 0 Å². The van der Waals surface area contributed by atoms with Crippen LogP contribution in [-0.4, -0.2) is 94.9 Å². The van der Waals surface area contributed by atoms with Gasteiger partial charge in [-0.3, -0.25) is 13.9 Å². The molecule has 0 radical (unpaired) electrons. The number of carbonyl (C=O) groups is 1. The molecular weight excluding hydrogens is 634 g/mol. The summed E-state index contributed by atoms with van der Waals surface area (Å²) < 4.78 is 51.4. The van der Waals surface area contributed by atoms with Gasteiger partial charge in [-0.05, 0) is 30.5 Å². The summed E-state index contributed by atoms with van der Waals surface area (Å²) in [4.78, 5) is 27.7. The van der Waals surface area contributed by atoms with Crippen molar-refractivity contribution in [3.05, 3.63) is 108 Å². The standard InChI is InChI=1S/C35H39N5O7S/c41-35(39(17-9-23-48(42,43)44)16-8-15-38-18-21-45-22-19-38)47-34-31(25-29-14-7-20-46-29)37-33-30(24-27-10-3-1-4-11-27)36-32(26-40(33)34)28-12-5-2-6-13-28/h1-7,10-14,20,26H,8-9,15-19,21-25H2,(H,42,43,44). The number of hydrogen-bond donors (Lipinski definition) is 1. The van der Waals surface area contributed by atoms with E-state index in [4.69, 9.17) is 23.9 Å². The molecule has 0 bridgehead atoms. The Morgan fingerprint density at radius 1 is 0.896 bits per heavy atom. The molecule has 4 heterocycles. The second kappa shape index (κ2) is 15.6. The monoisotopic (exact) mass is 673 g/mol. The first kappa shape index (κ1) is 33.3. The zero-order valence-corrected chi connectivity index (χ0v) is 27.4. The Morgan fingerprint density at radius 3 is 2.33 bits per heavy atom. The van der Waals surface area contributed by atoms with Gasteiger partial charge in [-0.25, -0.2) is 14.8 Å². The summed E-state index contributed by atoms with van der Waals surface area (Å²) in [5.41, 5.74) is 4.38. The third-order valence-electron chi connectivity index (χ3n) is 8.18. The molecule has 1 fully saturated rings. The van der Waals surface area contributed by atoms with Crippen LogP contribution >= 0.6 is 0 Å². The number of furan rings is 1. The summed E-state index contributed by atoms with van der Waals surface area (Å²) in [7, 11) is -4.19. The number of rotatable bonds is 14. The quantitative estimate of drug-likeness (QED) is 0.161. The molecule has 12 nitrogen and oxygen atoms in total. The highest BCUT2D eigenvalue weighted by Crippen LogP contribution is 2.30. The van der Waals surface area contributed by atoms with E-state index in [1.165, 1.54) is 4.90 Å². The van der Waals surface area contributed by atoms with Gasteiger partial charge in [0.15, 0.2) is 5.65 Å². The SMILES string of the molecule is O=C(Oc1c(Cc2ccco2)nc2c(Cc3ccccc3)nc(-c3ccccc3)cn12)N(CCCN1CCOCC1)CCCS(=O)(=O)O. The minimum atomic E-state index is -4.19. The summed E-state index contributed by atoms with van der Waals surface area (Å²) in [6.07, 6.45) is 4.23. The third kappa shape index (κ3) is 8.86. The topological polar surface area (TPSA) is 140 Å². The second-order valence-electron chi connectivity index (χ2n) is 11.7. The van der Waals surface area contributed by atoms with Crippen molar-refractivity contribution in [2.45, 2.75) is 25.7 Å². The molecule has 1 saturated heterocycles. The van der Waals surface area contributed by atoms with Crippen molar-refractivity contribution in [1.82, 2.24) is 24.2 Å². The lowest BCUT2D eigenvalue weighted by Crippen LogP contribution is -2.40. The molecule has 0 atom stereocenters. The molecular formula is C35H39N5O7S. The fourth-order valence-corrected chi connectivity index (χ4v) is 6.28. The van der Waals surface area contributed by atoms with Crippen molar-refractivity contribution in [3.63, 3.8) is 0 Å². The molecule has 0 saturated carbocycles. The molecule has 1 aliphatic rings. The van der Waals surface area contributed by atoms with E-state index in [1.807, 2.05) is 72.9 Å². The number of aromatic nitrogens is 3. The van der Waals surface area contributed by atoms with Crippen LogP contribution in [0, 0.1) is 0 Å². The maximum atomic E-state index is 14.0. The van der Waals surface area contributed by atoms with Gasteiger partial charge in [0.25, 0.3) is 10.1 Å². The van der Waals surface area contributed by atoms with Crippen LogP contribution < -0.4 is 4.74 Å². The molecule has 0 spiro atoms. The summed E-state index contributed by atoms with van der Waals surface area (Å²) in [5, 5.41) is 0. The Labute approximate surface area is 279 Å². The first-order chi connectivity index (χ1) is 23.3. The van der Waals surface area contributed by atoms with Gasteiger partial charge in [0.1, 0.15) is 11.5 Å². The highest BCUT2D eigenvalue weighted by Gasteiger charge is 2.25. The minimum Gasteiger partial charge on any atom is -0.469 e. The molecule has 13 heteroatoms. The van der Waals surface area contributed by atoms with Gasteiger partial charge in [-0.15, -0.1) is 0 Å². The largest absolute Gasteiger partial charge is 0.469 e. The number of carbonyl (C=O) groups excluding carboxylic acids is 1. The van der Waals surface area contributed by atoms with E-state index in [-0.39, 0.29) is 25.3 Å². The van der Waals surface area contributed by atoms with Crippen molar-refractivity contribution >= 4 is 21.9 Å². The van der Waals surface area contributed by atoms with Crippen LogP contribution in [0.3, 0.4) is 0 Å². The Bertz CT molecular complexity index is 1890. The van der Waals surface area contributed by atoms with Gasteiger partial charge in [0, 0.05) is 50.9 Å². The normalized spacial score (nSPS) is 13.9. The highest BCUT2D eigenvalue weighted by atomic mass is 32.2. The lowest BCUT2D eigenvalue weighted by Gasteiger charge is -2.28. The van der Waals surface area contributed by atoms with Gasteiger partial charge in [0.05, 0.1) is 43.0 Å². The Kier molecular flexibility index (Phi) is 10.8. The number of benzene rings is 2. The van der Waals surface area contributed by atoms with Gasteiger partial charge >= 0.3 is 6.09 Å². The molecule has 1 aliphatic heterocycles. The predicted molar refractivity (Wildman–Crippen MR) is 180 cm³/mol. The maximum absolute atomic E-state index is 14.0. The second-order valence-corrected chi connectivity index (χ2v) is 13.3. The van der Waals surface area contributed by atoms with Gasteiger partial charge < -0.3 is 18.8 Å². The summed E-state index contributed by atoms with van der Waals surface area (Å²) >= 11 is 0. The molecule has 1 N–H and O–H groups in total. The number of morpholine rings is 1. The Morgan fingerprint density at radius 2 is 1.62 bits per heavy atom. The molecule has 3 aromatic heterocycles. The molecule has 48 heavy (non-hydrogen) atoms.